The molecular formula is C22H19FN2O5S. The van der Waals surface area contributed by atoms with E-state index in [2.05, 4.69) is 5.32 Å². The number of halogens is 1. The summed E-state index contributed by atoms with van der Waals surface area (Å²) in [7, 11) is -4.10. The number of rotatable bonds is 6. The number of para-hydroxylation sites is 1. The number of fused-ring (bicyclic) bond motifs is 1. The zero-order valence-electron chi connectivity index (χ0n) is 16.3. The zero-order valence-corrected chi connectivity index (χ0v) is 17.1. The van der Waals surface area contributed by atoms with Gasteiger partial charge in [0.1, 0.15) is 25.6 Å². The molecule has 1 N–H and O–H groups in total. The lowest BCUT2D eigenvalue weighted by molar-refractivity contribution is -0.114. The van der Waals surface area contributed by atoms with Gasteiger partial charge in [0.15, 0.2) is 11.5 Å². The molecule has 0 saturated heterocycles. The van der Waals surface area contributed by atoms with Crippen molar-refractivity contribution in [2.24, 2.45) is 0 Å². The molecule has 3 aromatic rings. The van der Waals surface area contributed by atoms with Crippen LogP contribution in [0.4, 0.5) is 15.8 Å². The van der Waals surface area contributed by atoms with Crippen molar-refractivity contribution in [2.45, 2.75) is 4.90 Å². The smallest absolute Gasteiger partial charge is 0.264 e. The third-order valence-electron chi connectivity index (χ3n) is 4.58. The fourth-order valence-corrected chi connectivity index (χ4v) is 4.54. The predicted molar refractivity (Wildman–Crippen MR) is 113 cm³/mol. The SMILES string of the molecule is O=C(CN(c1ccc2c(c1)OCCO2)S(=O)(=O)c1ccccc1)Nc1ccccc1F. The van der Waals surface area contributed by atoms with Gasteiger partial charge >= 0.3 is 0 Å². The van der Waals surface area contributed by atoms with Crippen molar-refractivity contribution >= 4 is 27.3 Å². The van der Waals surface area contributed by atoms with Crippen LogP contribution in [0.2, 0.25) is 0 Å². The largest absolute Gasteiger partial charge is 0.486 e. The fourth-order valence-electron chi connectivity index (χ4n) is 3.10. The van der Waals surface area contributed by atoms with Gasteiger partial charge in [-0.3, -0.25) is 9.10 Å². The number of nitrogens with one attached hydrogen (secondary N) is 1. The van der Waals surface area contributed by atoms with E-state index in [-0.39, 0.29) is 16.3 Å². The quantitative estimate of drug-likeness (QED) is 0.632. The number of carbonyl (C=O) groups excluding carboxylic acids is 1. The summed E-state index contributed by atoms with van der Waals surface area (Å²) in [6.45, 7) is 0.157. The van der Waals surface area contributed by atoms with Gasteiger partial charge in [0.25, 0.3) is 10.0 Å². The molecule has 1 heterocycles. The fraction of sp³-hybridized carbons (Fsp3) is 0.136. The van der Waals surface area contributed by atoms with Crippen LogP contribution in [0, 0.1) is 5.82 Å². The minimum Gasteiger partial charge on any atom is -0.486 e. The third kappa shape index (κ3) is 4.46. The van der Waals surface area contributed by atoms with Crippen LogP contribution in [0.3, 0.4) is 0 Å². The van der Waals surface area contributed by atoms with Crippen LogP contribution >= 0.6 is 0 Å². The Hall–Kier alpha value is -3.59. The first-order valence-electron chi connectivity index (χ1n) is 9.47. The third-order valence-corrected chi connectivity index (χ3v) is 6.37. The molecule has 3 aromatic carbocycles. The van der Waals surface area contributed by atoms with E-state index < -0.39 is 28.3 Å². The molecule has 0 atom stereocenters. The average Bonchev–Trinajstić information content (AvgIpc) is 2.79. The first-order chi connectivity index (χ1) is 14.9. The van der Waals surface area contributed by atoms with E-state index in [9.17, 15) is 17.6 Å². The minimum absolute atomic E-state index is 0.0172. The lowest BCUT2D eigenvalue weighted by Gasteiger charge is -2.26. The molecule has 0 bridgehead atoms. The van der Waals surface area contributed by atoms with E-state index in [0.717, 1.165) is 4.31 Å². The highest BCUT2D eigenvalue weighted by Gasteiger charge is 2.28. The van der Waals surface area contributed by atoms with Crippen LogP contribution < -0.4 is 19.1 Å². The van der Waals surface area contributed by atoms with E-state index >= 15 is 0 Å². The van der Waals surface area contributed by atoms with E-state index in [1.165, 1.54) is 42.5 Å². The number of sulfonamides is 1. The second-order valence-corrected chi connectivity index (χ2v) is 8.54. The maximum Gasteiger partial charge on any atom is 0.264 e. The topological polar surface area (TPSA) is 84.9 Å². The Balaban J connectivity index is 1.69. The van der Waals surface area contributed by atoms with Gasteiger partial charge in [-0.1, -0.05) is 30.3 Å². The molecule has 0 radical (unpaired) electrons. The van der Waals surface area contributed by atoms with Crippen molar-refractivity contribution in [3.63, 3.8) is 0 Å². The monoisotopic (exact) mass is 442 g/mol. The molecule has 160 valence electrons. The van der Waals surface area contributed by atoms with E-state index in [1.807, 2.05) is 0 Å². The average molecular weight is 442 g/mol. The Morgan fingerprint density at radius 3 is 2.35 bits per heavy atom. The van der Waals surface area contributed by atoms with Crippen molar-refractivity contribution in [3.05, 3.63) is 78.6 Å². The number of nitrogens with zero attached hydrogens (tertiary/aromatic N) is 1. The molecule has 1 amide bonds. The van der Waals surface area contributed by atoms with Crippen molar-refractivity contribution in [3.8, 4) is 11.5 Å². The molecular weight excluding hydrogens is 423 g/mol. The number of anilines is 2. The minimum atomic E-state index is -4.10. The summed E-state index contributed by atoms with van der Waals surface area (Å²) in [5.41, 5.74) is 0.184. The lowest BCUT2D eigenvalue weighted by atomic mass is 10.2. The van der Waals surface area contributed by atoms with Crippen molar-refractivity contribution < 1.29 is 27.1 Å². The maximum atomic E-state index is 13.9. The zero-order chi connectivity index (χ0) is 21.8. The summed E-state index contributed by atoms with van der Waals surface area (Å²) >= 11 is 0. The Bertz CT molecular complexity index is 1200. The van der Waals surface area contributed by atoms with Crippen molar-refractivity contribution in [2.75, 3.05) is 29.4 Å². The molecule has 1 aliphatic rings. The van der Waals surface area contributed by atoms with Gasteiger partial charge in [-0.15, -0.1) is 0 Å². The van der Waals surface area contributed by atoms with Crippen LogP contribution in [0.1, 0.15) is 0 Å². The van der Waals surface area contributed by atoms with Crippen LogP contribution in [0.5, 0.6) is 11.5 Å². The molecule has 7 nitrogen and oxygen atoms in total. The van der Waals surface area contributed by atoms with Gasteiger partial charge < -0.3 is 14.8 Å². The molecule has 0 unspecified atom stereocenters. The summed E-state index contributed by atoms with van der Waals surface area (Å²) in [4.78, 5) is 12.7. The number of hydrogen-bond acceptors (Lipinski definition) is 5. The van der Waals surface area contributed by atoms with Gasteiger partial charge in [0, 0.05) is 6.07 Å². The number of ether oxygens (including phenoxy) is 2. The second kappa shape index (κ2) is 8.65. The van der Waals surface area contributed by atoms with Crippen molar-refractivity contribution in [1.29, 1.82) is 0 Å². The van der Waals surface area contributed by atoms with Gasteiger partial charge in [0.2, 0.25) is 5.91 Å². The van der Waals surface area contributed by atoms with Gasteiger partial charge in [0.05, 0.1) is 16.3 Å². The molecule has 0 fully saturated rings. The van der Waals surface area contributed by atoms with Crippen molar-refractivity contribution in [1.82, 2.24) is 0 Å². The number of hydrogen-bond donors (Lipinski definition) is 1. The van der Waals surface area contributed by atoms with Crippen LogP contribution in [0.25, 0.3) is 0 Å². The Kier molecular flexibility index (Phi) is 5.77. The maximum absolute atomic E-state index is 13.9. The Labute approximate surface area is 179 Å². The Morgan fingerprint density at radius 1 is 0.935 bits per heavy atom. The molecule has 31 heavy (non-hydrogen) atoms. The summed E-state index contributed by atoms with van der Waals surface area (Å²) in [5.74, 6) is -0.443. The molecule has 0 saturated carbocycles. The van der Waals surface area contributed by atoms with Gasteiger partial charge in [-0.05, 0) is 36.4 Å². The predicted octanol–water partition coefficient (Wildman–Crippen LogP) is 3.43. The van der Waals surface area contributed by atoms with Crippen LogP contribution in [-0.2, 0) is 14.8 Å². The summed E-state index contributed by atoms with van der Waals surface area (Å²) in [6.07, 6.45) is 0. The molecule has 1 aliphatic heterocycles. The molecule has 0 aliphatic carbocycles. The summed E-state index contributed by atoms with van der Waals surface area (Å²) in [6, 6.07) is 18.0. The second-order valence-electron chi connectivity index (χ2n) is 6.68. The van der Waals surface area contributed by atoms with Gasteiger partial charge in [-0.2, -0.15) is 0 Å². The standard InChI is InChI=1S/C22H19FN2O5S/c23-18-8-4-5-9-19(18)24-22(26)15-25(31(27,28)17-6-2-1-3-7-17)16-10-11-20-21(14-16)30-13-12-29-20/h1-11,14H,12-13,15H2,(H,24,26). The summed E-state index contributed by atoms with van der Waals surface area (Å²) in [5, 5.41) is 2.42. The Morgan fingerprint density at radius 2 is 1.61 bits per heavy atom. The first-order valence-corrected chi connectivity index (χ1v) is 10.9. The molecule has 9 heteroatoms. The van der Waals surface area contributed by atoms with E-state index in [0.29, 0.717) is 24.7 Å². The van der Waals surface area contributed by atoms with E-state index in [4.69, 9.17) is 9.47 Å². The molecule has 0 aromatic heterocycles. The highest BCUT2D eigenvalue weighted by molar-refractivity contribution is 7.92. The highest BCUT2D eigenvalue weighted by atomic mass is 32.2. The highest BCUT2D eigenvalue weighted by Crippen LogP contribution is 2.35. The van der Waals surface area contributed by atoms with E-state index in [1.54, 1.807) is 30.3 Å². The number of benzene rings is 3. The van der Waals surface area contributed by atoms with Crippen LogP contribution in [-0.4, -0.2) is 34.1 Å². The first kappa shape index (κ1) is 20.7. The molecule has 0 spiro atoms. The molecule has 4 rings (SSSR count). The lowest BCUT2D eigenvalue weighted by Crippen LogP contribution is -2.38. The number of carbonyl (C=O) groups is 1. The summed E-state index contributed by atoms with van der Waals surface area (Å²) < 4.78 is 52.6. The number of amides is 1. The normalized spacial score (nSPS) is 12.8. The van der Waals surface area contributed by atoms with Crippen LogP contribution in [0.15, 0.2) is 77.7 Å². The van der Waals surface area contributed by atoms with Gasteiger partial charge in [-0.25, -0.2) is 12.8 Å².